The van der Waals surface area contributed by atoms with Crippen molar-refractivity contribution >= 4 is 27.5 Å². The first-order chi connectivity index (χ1) is 12.3. The number of rotatable bonds is 7. The number of benzene rings is 2. The zero-order valence-corrected chi connectivity index (χ0v) is 16.4. The van der Waals surface area contributed by atoms with Crippen LogP contribution in [0.15, 0.2) is 47.4 Å². The lowest BCUT2D eigenvalue weighted by Crippen LogP contribution is -2.27. The van der Waals surface area contributed by atoms with Crippen LogP contribution in [0.3, 0.4) is 0 Å². The average Bonchev–Trinajstić information content (AvgIpc) is 2.61. The number of hydrogen-bond acceptors (Lipinski definition) is 4. The van der Waals surface area contributed by atoms with Gasteiger partial charge in [0, 0.05) is 31.2 Å². The number of nitrogens with one attached hydrogen (secondary N) is 1. The van der Waals surface area contributed by atoms with Crippen molar-refractivity contribution in [2.45, 2.75) is 11.3 Å². The molecular weight excluding hydrogens is 376 g/mol. The largest absolute Gasteiger partial charge is 0.495 e. The van der Waals surface area contributed by atoms with Crippen LogP contribution in [0.5, 0.6) is 5.75 Å². The molecule has 0 heterocycles. The van der Waals surface area contributed by atoms with Gasteiger partial charge in [-0.3, -0.25) is 4.79 Å². The Kier molecular flexibility index (Phi) is 6.63. The summed E-state index contributed by atoms with van der Waals surface area (Å²) in [6.07, 6.45) is 0.616. The summed E-state index contributed by atoms with van der Waals surface area (Å²) in [6.45, 7) is 0.404. The number of ether oxygens (including phenoxy) is 1. The molecule has 1 amide bonds. The molecule has 2 aromatic rings. The van der Waals surface area contributed by atoms with E-state index in [4.69, 9.17) is 16.3 Å². The highest BCUT2D eigenvalue weighted by atomic mass is 35.5. The van der Waals surface area contributed by atoms with Crippen molar-refractivity contribution in [1.29, 1.82) is 0 Å². The lowest BCUT2D eigenvalue weighted by atomic mass is 10.1. The SMILES string of the molecule is COc1ccc(C(=O)NCCc2cccc(Cl)c2)cc1S(=O)(=O)N(C)C. The Morgan fingerprint density at radius 2 is 1.92 bits per heavy atom. The first-order valence-electron chi connectivity index (χ1n) is 7.89. The van der Waals surface area contributed by atoms with Crippen LogP contribution < -0.4 is 10.1 Å². The van der Waals surface area contributed by atoms with Crippen LogP contribution >= 0.6 is 11.6 Å². The molecule has 2 rings (SSSR count). The van der Waals surface area contributed by atoms with E-state index in [9.17, 15) is 13.2 Å². The monoisotopic (exact) mass is 396 g/mol. The number of hydrogen-bond donors (Lipinski definition) is 1. The van der Waals surface area contributed by atoms with Crippen LogP contribution in [0.4, 0.5) is 0 Å². The van der Waals surface area contributed by atoms with E-state index in [1.165, 1.54) is 39.4 Å². The number of carbonyl (C=O) groups is 1. The summed E-state index contributed by atoms with van der Waals surface area (Å²) in [6, 6.07) is 11.7. The van der Waals surface area contributed by atoms with Crippen molar-refractivity contribution in [2.75, 3.05) is 27.7 Å². The molecule has 0 spiro atoms. The third-order valence-corrected chi connectivity index (χ3v) is 5.84. The third-order valence-electron chi connectivity index (χ3n) is 3.77. The van der Waals surface area contributed by atoms with E-state index in [0.717, 1.165) is 9.87 Å². The second-order valence-corrected chi connectivity index (χ2v) is 8.35. The van der Waals surface area contributed by atoms with E-state index < -0.39 is 10.0 Å². The van der Waals surface area contributed by atoms with Gasteiger partial charge in [0.05, 0.1) is 7.11 Å². The molecule has 0 bridgehead atoms. The smallest absolute Gasteiger partial charge is 0.251 e. The minimum Gasteiger partial charge on any atom is -0.495 e. The van der Waals surface area contributed by atoms with Crippen molar-refractivity contribution < 1.29 is 17.9 Å². The summed E-state index contributed by atoms with van der Waals surface area (Å²) >= 11 is 5.94. The summed E-state index contributed by atoms with van der Waals surface area (Å²) in [7, 11) is 0.500. The quantitative estimate of drug-likeness (QED) is 0.780. The lowest BCUT2D eigenvalue weighted by molar-refractivity contribution is 0.0954. The maximum Gasteiger partial charge on any atom is 0.251 e. The Balaban J connectivity index is 2.14. The summed E-state index contributed by atoms with van der Waals surface area (Å²) in [5, 5.41) is 3.42. The summed E-state index contributed by atoms with van der Waals surface area (Å²) in [5.41, 5.74) is 1.25. The zero-order chi connectivity index (χ0) is 19.3. The van der Waals surface area contributed by atoms with Crippen molar-refractivity contribution in [3.8, 4) is 5.75 Å². The van der Waals surface area contributed by atoms with Gasteiger partial charge in [-0.1, -0.05) is 23.7 Å². The molecule has 8 heteroatoms. The van der Waals surface area contributed by atoms with Gasteiger partial charge in [0.25, 0.3) is 5.91 Å². The predicted octanol–water partition coefficient (Wildman–Crippen LogP) is 2.57. The van der Waals surface area contributed by atoms with Crippen molar-refractivity contribution in [3.05, 3.63) is 58.6 Å². The highest BCUT2D eigenvalue weighted by Gasteiger charge is 2.23. The number of carbonyl (C=O) groups excluding carboxylic acids is 1. The number of sulfonamides is 1. The normalized spacial score (nSPS) is 11.4. The Hall–Kier alpha value is -2.09. The van der Waals surface area contributed by atoms with E-state index in [1.807, 2.05) is 18.2 Å². The molecule has 0 fully saturated rings. The first-order valence-corrected chi connectivity index (χ1v) is 9.70. The van der Waals surface area contributed by atoms with Crippen LogP contribution in [0.1, 0.15) is 15.9 Å². The molecule has 0 aliphatic carbocycles. The van der Waals surface area contributed by atoms with Gasteiger partial charge < -0.3 is 10.1 Å². The van der Waals surface area contributed by atoms with Gasteiger partial charge in [0.15, 0.2) is 0 Å². The van der Waals surface area contributed by atoms with Gasteiger partial charge in [-0.25, -0.2) is 12.7 Å². The number of methoxy groups -OCH3 is 1. The third kappa shape index (κ3) is 4.75. The van der Waals surface area contributed by atoms with Gasteiger partial charge in [-0.2, -0.15) is 0 Å². The fourth-order valence-corrected chi connectivity index (χ4v) is 3.62. The number of halogens is 1. The van der Waals surface area contributed by atoms with Crippen LogP contribution in [0.25, 0.3) is 0 Å². The molecule has 0 aliphatic rings. The molecule has 0 unspecified atom stereocenters. The lowest BCUT2D eigenvalue weighted by Gasteiger charge is -2.15. The van der Waals surface area contributed by atoms with Gasteiger partial charge >= 0.3 is 0 Å². The molecular formula is C18H21ClN2O4S. The molecule has 1 N–H and O–H groups in total. The van der Waals surface area contributed by atoms with E-state index >= 15 is 0 Å². The Morgan fingerprint density at radius 1 is 1.19 bits per heavy atom. The molecule has 0 aliphatic heterocycles. The minimum atomic E-state index is -3.73. The maximum atomic E-state index is 12.4. The van der Waals surface area contributed by atoms with Gasteiger partial charge in [-0.15, -0.1) is 0 Å². The summed E-state index contributed by atoms with van der Waals surface area (Å²) < 4.78 is 31.0. The second kappa shape index (κ2) is 8.53. The van der Waals surface area contributed by atoms with Crippen molar-refractivity contribution in [1.82, 2.24) is 9.62 Å². The Labute approximate surface area is 158 Å². The molecule has 0 aromatic heterocycles. The number of amides is 1. The topological polar surface area (TPSA) is 75.7 Å². The average molecular weight is 397 g/mol. The summed E-state index contributed by atoms with van der Waals surface area (Å²) in [5.74, 6) is -0.168. The minimum absolute atomic E-state index is 0.0486. The van der Waals surface area contributed by atoms with Gasteiger partial charge in [-0.05, 0) is 42.3 Å². The molecule has 0 atom stereocenters. The summed E-state index contributed by atoms with van der Waals surface area (Å²) in [4.78, 5) is 12.3. The van der Waals surface area contributed by atoms with Gasteiger partial charge in [0.2, 0.25) is 10.0 Å². The van der Waals surface area contributed by atoms with Crippen molar-refractivity contribution in [3.63, 3.8) is 0 Å². The molecule has 0 radical (unpaired) electrons. The molecule has 2 aromatic carbocycles. The van der Waals surface area contributed by atoms with Gasteiger partial charge in [0.1, 0.15) is 10.6 Å². The van der Waals surface area contributed by atoms with E-state index in [0.29, 0.717) is 18.0 Å². The van der Waals surface area contributed by atoms with Crippen LogP contribution in [0.2, 0.25) is 5.02 Å². The predicted molar refractivity (Wildman–Crippen MR) is 101 cm³/mol. The Morgan fingerprint density at radius 3 is 2.54 bits per heavy atom. The van der Waals surface area contributed by atoms with E-state index in [-0.39, 0.29) is 22.1 Å². The van der Waals surface area contributed by atoms with E-state index in [2.05, 4.69) is 5.32 Å². The fraction of sp³-hybridized carbons (Fsp3) is 0.278. The van der Waals surface area contributed by atoms with Crippen LogP contribution in [-0.4, -0.2) is 46.4 Å². The van der Waals surface area contributed by atoms with Crippen molar-refractivity contribution in [2.24, 2.45) is 0 Å². The molecule has 140 valence electrons. The molecule has 0 saturated carbocycles. The molecule has 26 heavy (non-hydrogen) atoms. The highest BCUT2D eigenvalue weighted by molar-refractivity contribution is 7.89. The molecule has 6 nitrogen and oxygen atoms in total. The maximum absolute atomic E-state index is 12.4. The standard InChI is InChI=1S/C18H21ClN2O4S/c1-21(2)26(23,24)17-12-14(7-8-16(17)25-3)18(22)20-10-9-13-5-4-6-15(19)11-13/h4-8,11-12H,9-10H2,1-3H3,(H,20,22). The first kappa shape index (κ1) is 20.2. The van der Waals surface area contributed by atoms with Crippen LogP contribution in [-0.2, 0) is 16.4 Å². The fourth-order valence-electron chi connectivity index (χ4n) is 2.33. The number of nitrogens with zero attached hydrogens (tertiary/aromatic N) is 1. The van der Waals surface area contributed by atoms with E-state index in [1.54, 1.807) is 6.07 Å². The zero-order valence-electron chi connectivity index (χ0n) is 14.8. The highest BCUT2D eigenvalue weighted by Crippen LogP contribution is 2.26. The Bertz CT molecular complexity index is 898. The van der Waals surface area contributed by atoms with Crippen LogP contribution in [0, 0.1) is 0 Å². The second-order valence-electron chi connectivity index (χ2n) is 5.79. The molecule has 0 saturated heterocycles.